The quantitative estimate of drug-likeness (QED) is 0.103. The van der Waals surface area contributed by atoms with Crippen LogP contribution in [0.2, 0.25) is 0 Å². The van der Waals surface area contributed by atoms with Crippen molar-refractivity contribution in [2.75, 3.05) is 19.8 Å². The molecular formula is C25H34F4N6O5. The van der Waals surface area contributed by atoms with E-state index in [4.69, 9.17) is 11.1 Å². The Morgan fingerprint density at radius 2 is 1.80 bits per heavy atom. The number of benzene rings is 1. The Labute approximate surface area is 228 Å². The van der Waals surface area contributed by atoms with Crippen molar-refractivity contribution in [2.24, 2.45) is 11.7 Å². The van der Waals surface area contributed by atoms with Gasteiger partial charge in [0.2, 0.25) is 11.8 Å². The zero-order valence-electron chi connectivity index (χ0n) is 22.1. The van der Waals surface area contributed by atoms with E-state index >= 15 is 0 Å². The number of guanidine groups is 1. The number of ether oxygens (including phenoxy) is 1. The third-order valence-corrected chi connectivity index (χ3v) is 6.23. The number of hydrogen-bond acceptors (Lipinski definition) is 6. The van der Waals surface area contributed by atoms with Gasteiger partial charge in [0.15, 0.2) is 11.7 Å². The van der Waals surface area contributed by atoms with Crippen LogP contribution in [-0.2, 0) is 14.4 Å². The number of amides is 3. The molecule has 1 heterocycles. The SMILES string of the molecule is CC(C)C(NC(=O)c1ccc(OC(F)(F)F)cc1)C(=O)N1CCC[C@H]1C(=O)NC(CCCNC(=N)N)C(=O)CF. The van der Waals surface area contributed by atoms with Gasteiger partial charge in [-0.15, -0.1) is 13.2 Å². The smallest absolute Gasteiger partial charge is 0.406 e. The highest BCUT2D eigenvalue weighted by Crippen LogP contribution is 2.24. The molecular weight excluding hydrogens is 540 g/mol. The Morgan fingerprint density at radius 1 is 1.15 bits per heavy atom. The van der Waals surface area contributed by atoms with E-state index in [1.807, 2.05) is 0 Å². The molecule has 0 radical (unpaired) electrons. The van der Waals surface area contributed by atoms with E-state index < -0.39 is 66.3 Å². The Hall–Kier alpha value is -3.91. The predicted molar refractivity (Wildman–Crippen MR) is 136 cm³/mol. The summed E-state index contributed by atoms with van der Waals surface area (Å²) in [6.45, 7) is 2.52. The molecule has 40 heavy (non-hydrogen) atoms. The van der Waals surface area contributed by atoms with Crippen LogP contribution in [0.4, 0.5) is 17.6 Å². The maximum Gasteiger partial charge on any atom is 0.573 e. The van der Waals surface area contributed by atoms with Gasteiger partial charge in [-0.25, -0.2) is 4.39 Å². The van der Waals surface area contributed by atoms with Crippen LogP contribution in [0.5, 0.6) is 5.75 Å². The van der Waals surface area contributed by atoms with Gasteiger partial charge in [-0.2, -0.15) is 0 Å². The summed E-state index contributed by atoms with van der Waals surface area (Å²) in [4.78, 5) is 52.7. The van der Waals surface area contributed by atoms with Crippen molar-refractivity contribution in [1.82, 2.24) is 20.9 Å². The van der Waals surface area contributed by atoms with Crippen molar-refractivity contribution in [1.29, 1.82) is 5.41 Å². The number of carbonyl (C=O) groups excluding carboxylic acids is 4. The number of Topliss-reactive ketones (excluding diaryl/α,β-unsaturated/α-hetero) is 1. The molecule has 1 aliphatic rings. The summed E-state index contributed by atoms with van der Waals surface area (Å²) in [5, 5.41) is 14.8. The number of rotatable bonds is 13. The van der Waals surface area contributed by atoms with E-state index in [0.29, 0.717) is 19.3 Å². The largest absolute Gasteiger partial charge is 0.573 e. The van der Waals surface area contributed by atoms with Crippen molar-refractivity contribution < 1.29 is 41.5 Å². The number of nitrogens with one attached hydrogen (secondary N) is 4. The monoisotopic (exact) mass is 574 g/mol. The molecule has 1 aliphatic heterocycles. The van der Waals surface area contributed by atoms with Gasteiger partial charge >= 0.3 is 6.36 Å². The van der Waals surface area contributed by atoms with Crippen molar-refractivity contribution in [2.45, 2.75) is 64.0 Å². The van der Waals surface area contributed by atoms with E-state index in [1.54, 1.807) is 13.8 Å². The molecule has 15 heteroatoms. The average molecular weight is 575 g/mol. The maximum absolute atomic E-state index is 13.4. The molecule has 1 aromatic carbocycles. The molecule has 0 saturated carbocycles. The minimum Gasteiger partial charge on any atom is -0.406 e. The number of likely N-dealkylation sites (tertiary alicyclic amines) is 1. The molecule has 1 fully saturated rings. The van der Waals surface area contributed by atoms with Crippen LogP contribution in [0.1, 0.15) is 49.9 Å². The topological polar surface area (TPSA) is 167 Å². The lowest BCUT2D eigenvalue weighted by molar-refractivity contribution is -0.274. The number of nitrogens with zero attached hydrogens (tertiary/aromatic N) is 1. The van der Waals surface area contributed by atoms with Gasteiger partial charge in [0.1, 0.15) is 24.5 Å². The fourth-order valence-electron chi connectivity index (χ4n) is 4.23. The second kappa shape index (κ2) is 14.5. The van der Waals surface area contributed by atoms with Gasteiger partial charge in [-0.05, 0) is 55.9 Å². The van der Waals surface area contributed by atoms with Crippen molar-refractivity contribution in [3.8, 4) is 5.75 Å². The normalized spacial score (nSPS) is 16.7. The Bertz CT molecular complexity index is 1070. The van der Waals surface area contributed by atoms with E-state index in [0.717, 1.165) is 24.3 Å². The molecule has 0 aliphatic carbocycles. The first-order valence-electron chi connectivity index (χ1n) is 12.7. The van der Waals surface area contributed by atoms with Gasteiger partial charge < -0.3 is 31.3 Å². The molecule has 0 bridgehead atoms. The molecule has 6 N–H and O–H groups in total. The molecule has 3 atom stereocenters. The Balaban J connectivity index is 2.08. The van der Waals surface area contributed by atoms with Crippen LogP contribution in [0.25, 0.3) is 0 Å². The molecule has 3 amide bonds. The number of alkyl halides is 4. The van der Waals surface area contributed by atoms with Crippen LogP contribution in [0, 0.1) is 11.3 Å². The summed E-state index contributed by atoms with van der Waals surface area (Å²) < 4.78 is 54.1. The number of ketones is 1. The second-order valence-corrected chi connectivity index (χ2v) is 9.60. The fourth-order valence-corrected chi connectivity index (χ4v) is 4.23. The van der Waals surface area contributed by atoms with E-state index in [1.165, 1.54) is 4.90 Å². The highest BCUT2D eigenvalue weighted by Gasteiger charge is 2.39. The summed E-state index contributed by atoms with van der Waals surface area (Å²) in [7, 11) is 0. The molecule has 222 valence electrons. The van der Waals surface area contributed by atoms with Crippen LogP contribution >= 0.6 is 0 Å². The van der Waals surface area contributed by atoms with Crippen molar-refractivity contribution >= 4 is 29.5 Å². The zero-order chi connectivity index (χ0) is 30.0. The third kappa shape index (κ3) is 9.68. The highest BCUT2D eigenvalue weighted by atomic mass is 19.4. The molecule has 2 rings (SSSR count). The van der Waals surface area contributed by atoms with Crippen molar-refractivity contribution in [3.05, 3.63) is 29.8 Å². The third-order valence-electron chi connectivity index (χ3n) is 6.23. The van der Waals surface area contributed by atoms with Gasteiger partial charge in [0.25, 0.3) is 5.91 Å². The second-order valence-electron chi connectivity index (χ2n) is 9.60. The van der Waals surface area contributed by atoms with Gasteiger partial charge in [-0.1, -0.05) is 13.8 Å². The summed E-state index contributed by atoms with van der Waals surface area (Å²) in [6, 6.07) is 1.05. The predicted octanol–water partition coefficient (Wildman–Crippen LogP) is 1.62. The molecule has 2 unspecified atom stereocenters. The average Bonchev–Trinajstić information content (AvgIpc) is 3.37. The van der Waals surface area contributed by atoms with Crippen LogP contribution in [0.3, 0.4) is 0 Å². The summed E-state index contributed by atoms with van der Waals surface area (Å²) in [5.41, 5.74) is 5.20. The molecule has 0 spiro atoms. The molecule has 0 aromatic heterocycles. The fraction of sp³-hybridized carbons (Fsp3) is 0.560. The molecule has 11 nitrogen and oxygen atoms in total. The minimum absolute atomic E-state index is 0.00414. The number of nitrogens with two attached hydrogens (primary N) is 1. The number of hydrogen-bond donors (Lipinski definition) is 5. The minimum atomic E-state index is -4.89. The van der Waals surface area contributed by atoms with E-state index in [-0.39, 0.29) is 31.0 Å². The van der Waals surface area contributed by atoms with Crippen molar-refractivity contribution in [3.63, 3.8) is 0 Å². The standard InChI is InChI=1S/C25H34F4N6O5/c1-14(2)20(34-21(37)15-7-9-16(10-8-15)40-25(27,28)29)23(39)35-12-4-6-18(35)22(38)33-17(19(36)13-26)5-3-11-32-24(30)31/h7-10,14,17-18,20H,3-6,11-13H2,1-2H3,(H,33,38)(H,34,37)(H4,30,31,32)/t17?,18-,20?/m0/s1. The number of halogens is 4. The lowest BCUT2D eigenvalue weighted by Crippen LogP contribution is -2.56. The molecule has 1 aromatic rings. The van der Waals surface area contributed by atoms with E-state index in [2.05, 4.69) is 20.7 Å². The lowest BCUT2D eigenvalue weighted by atomic mass is 10.0. The van der Waals surface area contributed by atoms with Gasteiger partial charge in [0.05, 0.1) is 6.04 Å². The lowest BCUT2D eigenvalue weighted by Gasteiger charge is -2.31. The first-order chi connectivity index (χ1) is 18.7. The summed E-state index contributed by atoms with van der Waals surface area (Å²) >= 11 is 0. The highest BCUT2D eigenvalue weighted by molar-refractivity contribution is 5.99. The Morgan fingerprint density at radius 3 is 2.35 bits per heavy atom. The Kier molecular flexibility index (Phi) is 11.7. The van der Waals surface area contributed by atoms with Crippen LogP contribution < -0.4 is 26.4 Å². The van der Waals surface area contributed by atoms with Crippen LogP contribution in [0.15, 0.2) is 24.3 Å². The first kappa shape index (κ1) is 32.3. The molecule has 1 saturated heterocycles. The van der Waals surface area contributed by atoms with Crippen LogP contribution in [-0.4, -0.2) is 78.6 Å². The number of carbonyl (C=O) groups is 4. The summed E-state index contributed by atoms with van der Waals surface area (Å²) in [5.74, 6) is -3.90. The maximum atomic E-state index is 13.4. The van der Waals surface area contributed by atoms with Gasteiger partial charge in [-0.3, -0.25) is 24.6 Å². The van der Waals surface area contributed by atoms with Gasteiger partial charge in [0, 0.05) is 18.7 Å². The first-order valence-corrected chi connectivity index (χ1v) is 12.7. The summed E-state index contributed by atoms with van der Waals surface area (Å²) in [6.07, 6.45) is -3.71. The van der Waals surface area contributed by atoms with E-state index in [9.17, 15) is 36.7 Å². The zero-order valence-corrected chi connectivity index (χ0v) is 22.1.